The Labute approximate surface area is 113 Å². The summed E-state index contributed by atoms with van der Waals surface area (Å²) >= 11 is 1.85. The topological polar surface area (TPSA) is 25.2 Å². The van der Waals surface area contributed by atoms with Gasteiger partial charge in [-0.05, 0) is 57.5 Å². The quantitative estimate of drug-likeness (QED) is 0.867. The average molecular weight is 263 g/mol. The van der Waals surface area contributed by atoms with Crippen molar-refractivity contribution in [2.45, 2.75) is 40.2 Å². The van der Waals surface area contributed by atoms with Crippen LogP contribution in [0.25, 0.3) is 0 Å². The Kier molecular flexibility index (Phi) is 4.25. The average Bonchev–Trinajstić information content (AvgIpc) is 2.87. The molecule has 0 radical (unpaired) electrons. The van der Waals surface area contributed by atoms with Gasteiger partial charge in [0.25, 0.3) is 0 Å². The van der Waals surface area contributed by atoms with E-state index in [-0.39, 0.29) is 6.04 Å². The Balaban J connectivity index is 2.33. The molecule has 1 N–H and O–H groups in total. The highest BCUT2D eigenvalue weighted by Gasteiger charge is 2.20. The smallest absolute Gasteiger partial charge is 0.125 e. The van der Waals surface area contributed by atoms with Crippen LogP contribution in [0.4, 0.5) is 0 Å². The SMILES string of the molecule is CCCNC(c1ccc(C)o1)c1cc(C)sc1C. The molecule has 0 aliphatic carbocycles. The highest BCUT2D eigenvalue weighted by atomic mass is 32.1. The molecule has 2 aromatic heterocycles. The molecule has 0 amide bonds. The van der Waals surface area contributed by atoms with Crippen molar-refractivity contribution in [3.63, 3.8) is 0 Å². The van der Waals surface area contributed by atoms with Crippen molar-refractivity contribution in [2.24, 2.45) is 0 Å². The first-order valence-corrected chi connectivity index (χ1v) is 7.30. The molecule has 0 aromatic carbocycles. The molecule has 18 heavy (non-hydrogen) atoms. The Morgan fingerprint density at radius 2 is 2.06 bits per heavy atom. The second-order valence-electron chi connectivity index (χ2n) is 4.70. The molecule has 2 rings (SSSR count). The zero-order valence-electron chi connectivity index (χ0n) is 11.5. The number of furan rings is 1. The molecule has 0 aliphatic heterocycles. The second-order valence-corrected chi connectivity index (χ2v) is 6.16. The molecule has 0 saturated heterocycles. The van der Waals surface area contributed by atoms with E-state index in [1.807, 2.05) is 24.3 Å². The summed E-state index contributed by atoms with van der Waals surface area (Å²) in [6, 6.07) is 6.56. The van der Waals surface area contributed by atoms with Gasteiger partial charge in [-0.3, -0.25) is 0 Å². The molecule has 0 saturated carbocycles. The number of rotatable bonds is 5. The van der Waals surface area contributed by atoms with Crippen LogP contribution in [0.2, 0.25) is 0 Å². The first kappa shape index (κ1) is 13.4. The van der Waals surface area contributed by atoms with Gasteiger partial charge >= 0.3 is 0 Å². The van der Waals surface area contributed by atoms with E-state index in [0.29, 0.717) is 0 Å². The fraction of sp³-hybridized carbons (Fsp3) is 0.467. The lowest BCUT2D eigenvalue weighted by molar-refractivity contribution is 0.430. The summed E-state index contributed by atoms with van der Waals surface area (Å²) in [6.07, 6.45) is 1.12. The molecular formula is C15H21NOS. The molecule has 0 bridgehead atoms. The van der Waals surface area contributed by atoms with Gasteiger partial charge in [-0.1, -0.05) is 6.92 Å². The maximum Gasteiger partial charge on any atom is 0.125 e. The van der Waals surface area contributed by atoms with Crippen LogP contribution in [0.15, 0.2) is 22.6 Å². The van der Waals surface area contributed by atoms with Crippen LogP contribution in [0, 0.1) is 20.8 Å². The lowest BCUT2D eigenvalue weighted by Crippen LogP contribution is -2.22. The maximum absolute atomic E-state index is 5.80. The van der Waals surface area contributed by atoms with Gasteiger partial charge in [0.2, 0.25) is 0 Å². The fourth-order valence-electron chi connectivity index (χ4n) is 2.20. The van der Waals surface area contributed by atoms with Crippen LogP contribution >= 0.6 is 11.3 Å². The Morgan fingerprint density at radius 3 is 2.56 bits per heavy atom. The number of nitrogens with one attached hydrogen (secondary N) is 1. The van der Waals surface area contributed by atoms with Gasteiger partial charge in [0, 0.05) is 9.75 Å². The number of thiophene rings is 1. The molecule has 0 spiro atoms. The molecule has 2 heterocycles. The van der Waals surface area contributed by atoms with Gasteiger partial charge < -0.3 is 9.73 Å². The molecular weight excluding hydrogens is 242 g/mol. The van der Waals surface area contributed by atoms with Crippen LogP contribution in [-0.2, 0) is 0 Å². The molecule has 98 valence electrons. The highest BCUT2D eigenvalue weighted by molar-refractivity contribution is 7.12. The normalized spacial score (nSPS) is 12.9. The van der Waals surface area contributed by atoms with Gasteiger partial charge in [-0.2, -0.15) is 0 Å². The molecule has 1 atom stereocenters. The van der Waals surface area contributed by atoms with E-state index in [9.17, 15) is 0 Å². The predicted molar refractivity (Wildman–Crippen MR) is 77.4 cm³/mol. The van der Waals surface area contributed by atoms with Gasteiger partial charge in [0.1, 0.15) is 11.5 Å². The van der Waals surface area contributed by atoms with Crippen LogP contribution in [0.1, 0.15) is 46.2 Å². The van der Waals surface area contributed by atoms with Crippen molar-refractivity contribution in [1.82, 2.24) is 5.32 Å². The molecule has 1 unspecified atom stereocenters. The van der Waals surface area contributed by atoms with E-state index in [1.165, 1.54) is 15.3 Å². The second kappa shape index (κ2) is 5.72. The van der Waals surface area contributed by atoms with Gasteiger partial charge in [0.05, 0.1) is 6.04 Å². The maximum atomic E-state index is 5.80. The van der Waals surface area contributed by atoms with Crippen LogP contribution in [0.5, 0.6) is 0 Å². The summed E-state index contributed by atoms with van der Waals surface area (Å²) in [5, 5.41) is 3.58. The molecule has 0 aliphatic rings. The predicted octanol–water partition coefficient (Wildman–Crippen LogP) is 4.36. The third-order valence-corrected chi connectivity index (χ3v) is 4.02. The number of hydrogen-bond donors (Lipinski definition) is 1. The molecule has 2 nitrogen and oxygen atoms in total. The summed E-state index contributed by atoms with van der Waals surface area (Å²) in [5.74, 6) is 1.99. The van der Waals surface area contributed by atoms with Gasteiger partial charge in [0.15, 0.2) is 0 Å². The van der Waals surface area contributed by atoms with Crippen molar-refractivity contribution in [3.05, 3.63) is 45.0 Å². The summed E-state index contributed by atoms with van der Waals surface area (Å²) in [4.78, 5) is 2.73. The first-order valence-electron chi connectivity index (χ1n) is 6.48. The van der Waals surface area contributed by atoms with E-state index in [2.05, 4.69) is 38.2 Å². The number of aryl methyl sites for hydroxylation is 3. The first-order chi connectivity index (χ1) is 8.61. The summed E-state index contributed by atoms with van der Waals surface area (Å²) in [6.45, 7) is 9.52. The van der Waals surface area contributed by atoms with E-state index in [1.54, 1.807) is 0 Å². The van der Waals surface area contributed by atoms with Crippen LogP contribution in [0.3, 0.4) is 0 Å². The minimum absolute atomic E-state index is 0.184. The molecule has 2 aromatic rings. The standard InChI is InChI=1S/C15H21NOS/c1-5-8-16-15(14-7-6-10(2)17-14)13-9-11(3)18-12(13)4/h6-7,9,15-16H,5,8H2,1-4H3. The summed E-state index contributed by atoms with van der Waals surface area (Å²) in [7, 11) is 0. The Morgan fingerprint density at radius 1 is 1.28 bits per heavy atom. The van der Waals surface area contributed by atoms with Crippen molar-refractivity contribution in [2.75, 3.05) is 6.54 Å². The van der Waals surface area contributed by atoms with Crippen molar-refractivity contribution in [1.29, 1.82) is 0 Å². The van der Waals surface area contributed by atoms with Crippen molar-refractivity contribution < 1.29 is 4.42 Å². The summed E-state index contributed by atoms with van der Waals surface area (Å²) < 4.78 is 5.80. The van der Waals surface area contributed by atoms with E-state index < -0.39 is 0 Å². The van der Waals surface area contributed by atoms with Crippen molar-refractivity contribution in [3.8, 4) is 0 Å². The number of hydrogen-bond acceptors (Lipinski definition) is 3. The third-order valence-electron chi connectivity index (χ3n) is 3.03. The minimum atomic E-state index is 0.184. The van der Waals surface area contributed by atoms with Crippen LogP contribution < -0.4 is 5.32 Å². The largest absolute Gasteiger partial charge is 0.464 e. The van der Waals surface area contributed by atoms with Gasteiger partial charge in [-0.15, -0.1) is 11.3 Å². The van der Waals surface area contributed by atoms with Crippen molar-refractivity contribution >= 4 is 11.3 Å². The minimum Gasteiger partial charge on any atom is -0.464 e. The zero-order valence-corrected chi connectivity index (χ0v) is 12.4. The van der Waals surface area contributed by atoms with Gasteiger partial charge in [-0.25, -0.2) is 0 Å². The van der Waals surface area contributed by atoms with E-state index in [4.69, 9.17) is 4.42 Å². The molecule has 0 fully saturated rings. The Bertz CT molecular complexity index is 512. The summed E-state index contributed by atoms with van der Waals surface area (Å²) in [5.41, 5.74) is 1.35. The lowest BCUT2D eigenvalue weighted by Gasteiger charge is -2.16. The fourth-order valence-corrected chi connectivity index (χ4v) is 3.16. The Hall–Kier alpha value is -1.06. The van der Waals surface area contributed by atoms with E-state index >= 15 is 0 Å². The zero-order chi connectivity index (χ0) is 13.1. The highest BCUT2D eigenvalue weighted by Crippen LogP contribution is 2.31. The molecule has 3 heteroatoms. The lowest BCUT2D eigenvalue weighted by atomic mass is 10.1. The monoisotopic (exact) mass is 263 g/mol. The van der Waals surface area contributed by atoms with E-state index in [0.717, 1.165) is 24.5 Å². The van der Waals surface area contributed by atoms with Crippen LogP contribution in [-0.4, -0.2) is 6.54 Å². The third kappa shape index (κ3) is 2.85.